The molecule has 3 rings (SSSR count). The predicted octanol–water partition coefficient (Wildman–Crippen LogP) is 4.62. The molecule has 0 aliphatic heterocycles. The van der Waals surface area contributed by atoms with E-state index in [-0.39, 0.29) is 0 Å². The lowest BCUT2D eigenvalue weighted by molar-refractivity contribution is 1.14. The molecule has 0 aliphatic rings. The molecule has 0 aliphatic carbocycles. The molecular weight excluding hydrogens is 264 g/mol. The molecule has 1 aromatic heterocycles. The van der Waals surface area contributed by atoms with Crippen LogP contribution in [0.15, 0.2) is 53.9 Å². The Labute approximate surface area is 122 Å². The third kappa shape index (κ3) is 2.45. The molecule has 20 heavy (non-hydrogen) atoms. The zero-order valence-electron chi connectivity index (χ0n) is 11.3. The molecule has 0 atom stereocenters. The van der Waals surface area contributed by atoms with Crippen molar-refractivity contribution in [1.82, 2.24) is 4.98 Å². The van der Waals surface area contributed by atoms with Crippen molar-refractivity contribution < 1.29 is 0 Å². The minimum Gasteiger partial charge on any atom is -0.398 e. The van der Waals surface area contributed by atoms with E-state index >= 15 is 0 Å². The standard InChI is InChI=1S/C17H16N2S/c1-2-12-7-9-13(10-8-12)17-19-16(11-20-17)14-5-3-4-6-15(14)18/h3-11H,2,18H2,1H3. The molecule has 0 unspecified atom stereocenters. The first kappa shape index (κ1) is 12.9. The fraction of sp³-hybridized carbons (Fsp3) is 0.118. The predicted molar refractivity (Wildman–Crippen MR) is 86.8 cm³/mol. The lowest BCUT2D eigenvalue weighted by atomic mass is 10.1. The van der Waals surface area contributed by atoms with E-state index in [1.54, 1.807) is 11.3 Å². The van der Waals surface area contributed by atoms with Crippen LogP contribution in [-0.4, -0.2) is 4.98 Å². The van der Waals surface area contributed by atoms with Crippen LogP contribution in [0, 0.1) is 0 Å². The van der Waals surface area contributed by atoms with Crippen molar-refractivity contribution in [3.05, 3.63) is 59.5 Å². The van der Waals surface area contributed by atoms with Crippen molar-refractivity contribution in [1.29, 1.82) is 0 Å². The van der Waals surface area contributed by atoms with E-state index in [4.69, 9.17) is 10.7 Å². The van der Waals surface area contributed by atoms with Crippen LogP contribution in [-0.2, 0) is 6.42 Å². The van der Waals surface area contributed by atoms with E-state index in [9.17, 15) is 0 Å². The summed E-state index contributed by atoms with van der Waals surface area (Å²) in [6.07, 6.45) is 1.06. The number of nitrogens with zero attached hydrogens (tertiary/aromatic N) is 1. The highest BCUT2D eigenvalue weighted by Crippen LogP contribution is 2.31. The summed E-state index contributed by atoms with van der Waals surface area (Å²) in [5.74, 6) is 0. The van der Waals surface area contributed by atoms with Crippen molar-refractivity contribution in [2.75, 3.05) is 5.73 Å². The summed E-state index contributed by atoms with van der Waals surface area (Å²) in [6, 6.07) is 16.4. The highest BCUT2D eigenvalue weighted by atomic mass is 32.1. The second-order valence-corrected chi connectivity index (χ2v) is 5.53. The first-order valence-electron chi connectivity index (χ1n) is 6.67. The zero-order chi connectivity index (χ0) is 13.9. The molecule has 0 saturated carbocycles. The van der Waals surface area contributed by atoms with Gasteiger partial charge in [0.2, 0.25) is 0 Å². The first-order chi connectivity index (χ1) is 9.78. The van der Waals surface area contributed by atoms with Crippen molar-refractivity contribution >= 4 is 17.0 Å². The number of hydrogen-bond donors (Lipinski definition) is 1. The van der Waals surface area contributed by atoms with E-state index in [0.717, 1.165) is 33.9 Å². The van der Waals surface area contributed by atoms with Crippen LogP contribution in [0.4, 0.5) is 5.69 Å². The van der Waals surface area contributed by atoms with Gasteiger partial charge in [-0.1, -0.05) is 49.4 Å². The molecule has 0 spiro atoms. The molecule has 2 nitrogen and oxygen atoms in total. The Morgan fingerprint density at radius 2 is 1.80 bits per heavy atom. The van der Waals surface area contributed by atoms with Crippen molar-refractivity contribution in [2.45, 2.75) is 13.3 Å². The number of aromatic nitrogens is 1. The first-order valence-corrected chi connectivity index (χ1v) is 7.55. The molecular formula is C17H16N2S. The third-order valence-electron chi connectivity index (χ3n) is 3.35. The molecule has 3 aromatic rings. The van der Waals surface area contributed by atoms with Crippen LogP contribution in [0.5, 0.6) is 0 Å². The van der Waals surface area contributed by atoms with Crippen molar-refractivity contribution in [2.24, 2.45) is 0 Å². The molecule has 1 heterocycles. The van der Waals surface area contributed by atoms with E-state index < -0.39 is 0 Å². The molecule has 0 amide bonds. The highest BCUT2D eigenvalue weighted by Gasteiger charge is 2.08. The monoisotopic (exact) mass is 280 g/mol. The van der Waals surface area contributed by atoms with Gasteiger partial charge in [0.1, 0.15) is 5.01 Å². The summed E-state index contributed by atoms with van der Waals surface area (Å²) in [4.78, 5) is 4.71. The largest absolute Gasteiger partial charge is 0.398 e. The minimum atomic E-state index is 0.769. The van der Waals surface area contributed by atoms with E-state index in [0.29, 0.717) is 0 Å². The lowest BCUT2D eigenvalue weighted by Gasteiger charge is -2.01. The Kier molecular flexibility index (Phi) is 3.52. The Bertz CT molecular complexity index is 714. The highest BCUT2D eigenvalue weighted by molar-refractivity contribution is 7.13. The number of nitrogens with two attached hydrogens (primary N) is 1. The SMILES string of the molecule is CCc1ccc(-c2nc(-c3ccccc3N)cs2)cc1. The normalized spacial score (nSPS) is 10.7. The smallest absolute Gasteiger partial charge is 0.124 e. The number of benzene rings is 2. The molecule has 3 heteroatoms. The zero-order valence-corrected chi connectivity index (χ0v) is 12.2. The maximum Gasteiger partial charge on any atom is 0.124 e. The van der Waals surface area contributed by atoms with E-state index in [2.05, 4.69) is 36.6 Å². The number of thiazole rings is 1. The summed E-state index contributed by atoms with van der Waals surface area (Å²) >= 11 is 1.65. The number of para-hydroxylation sites is 1. The van der Waals surface area contributed by atoms with Gasteiger partial charge in [0, 0.05) is 22.2 Å². The van der Waals surface area contributed by atoms with Crippen LogP contribution in [0.2, 0.25) is 0 Å². The van der Waals surface area contributed by atoms with Gasteiger partial charge in [0.05, 0.1) is 5.69 Å². The van der Waals surface area contributed by atoms with Gasteiger partial charge in [-0.3, -0.25) is 0 Å². The van der Waals surface area contributed by atoms with E-state index in [1.165, 1.54) is 5.56 Å². The van der Waals surface area contributed by atoms with Gasteiger partial charge >= 0.3 is 0 Å². The van der Waals surface area contributed by atoms with Gasteiger partial charge in [-0.25, -0.2) is 4.98 Å². The van der Waals surface area contributed by atoms with Crippen LogP contribution >= 0.6 is 11.3 Å². The number of hydrogen-bond acceptors (Lipinski definition) is 3. The molecule has 2 N–H and O–H groups in total. The molecule has 0 radical (unpaired) electrons. The average Bonchev–Trinajstić information content (AvgIpc) is 2.97. The van der Waals surface area contributed by atoms with Crippen LogP contribution < -0.4 is 5.73 Å². The third-order valence-corrected chi connectivity index (χ3v) is 4.24. The van der Waals surface area contributed by atoms with Gasteiger partial charge in [-0.2, -0.15) is 0 Å². The Hall–Kier alpha value is -2.13. The fourth-order valence-electron chi connectivity index (χ4n) is 2.14. The van der Waals surface area contributed by atoms with Gasteiger partial charge in [0.25, 0.3) is 0 Å². The number of anilines is 1. The number of aryl methyl sites for hydroxylation is 1. The molecule has 100 valence electrons. The van der Waals surface area contributed by atoms with Crippen LogP contribution in [0.1, 0.15) is 12.5 Å². The van der Waals surface area contributed by atoms with Gasteiger partial charge in [-0.05, 0) is 18.1 Å². The second-order valence-electron chi connectivity index (χ2n) is 4.68. The topological polar surface area (TPSA) is 38.9 Å². The summed E-state index contributed by atoms with van der Waals surface area (Å²) in [5.41, 5.74) is 11.2. The summed E-state index contributed by atoms with van der Waals surface area (Å²) < 4.78 is 0. The van der Waals surface area contributed by atoms with Crippen LogP contribution in [0.3, 0.4) is 0 Å². The maximum absolute atomic E-state index is 6.00. The Morgan fingerprint density at radius 3 is 2.50 bits per heavy atom. The van der Waals surface area contributed by atoms with E-state index in [1.807, 2.05) is 24.3 Å². The number of rotatable bonds is 3. The van der Waals surface area contributed by atoms with Gasteiger partial charge < -0.3 is 5.73 Å². The van der Waals surface area contributed by atoms with Gasteiger partial charge in [-0.15, -0.1) is 11.3 Å². The van der Waals surface area contributed by atoms with Crippen molar-refractivity contribution in [3.63, 3.8) is 0 Å². The lowest BCUT2D eigenvalue weighted by Crippen LogP contribution is -1.89. The molecule has 2 aromatic carbocycles. The van der Waals surface area contributed by atoms with Gasteiger partial charge in [0.15, 0.2) is 0 Å². The summed E-state index contributed by atoms with van der Waals surface area (Å²) in [5, 5.41) is 3.10. The quantitative estimate of drug-likeness (QED) is 0.711. The fourth-order valence-corrected chi connectivity index (χ4v) is 2.97. The summed E-state index contributed by atoms with van der Waals surface area (Å²) in [7, 11) is 0. The Morgan fingerprint density at radius 1 is 1.05 bits per heavy atom. The maximum atomic E-state index is 6.00. The number of nitrogen functional groups attached to an aromatic ring is 1. The average molecular weight is 280 g/mol. The Balaban J connectivity index is 1.95. The second kappa shape index (κ2) is 5.47. The molecule has 0 bridgehead atoms. The summed E-state index contributed by atoms with van der Waals surface area (Å²) in [6.45, 7) is 2.16. The molecule has 0 fully saturated rings. The molecule has 0 saturated heterocycles. The van der Waals surface area contributed by atoms with Crippen LogP contribution in [0.25, 0.3) is 21.8 Å². The van der Waals surface area contributed by atoms with Crippen molar-refractivity contribution in [3.8, 4) is 21.8 Å². The minimum absolute atomic E-state index is 0.769.